The number of piperidine rings is 1. The molecule has 2 heterocycles. The molecule has 0 aliphatic carbocycles. The van der Waals surface area contributed by atoms with Crippen LogP contribution >= 0.6 is 0 Å². The fourth-order valence-corrected chi connectivity index (χ4v) is 4.90. The standard InChI is InChI=1S/C23H37N3O2/c1-19(2)17-25-14-15-26(18-21(25)9-16-27)22(28)23(10-12-24(3)13-11-23)20-7-5-4-6-8-20/h4-8,19,21,27H,9-18H2,1-3H3. The Bertz CT molecular complexity index is 626. The van der Waals surface area contributed by atoms with Crippen molar-refractivity contribution in [1.29, 1.82) is 0 Å². The maximum atomic E-state index is 13.9. The summed E-state index contributed by atoms with van der Waals surface area (Å²) in [4.78, 5) is 20.8. The lowest BCUT2D eigenvalue weighted by atomic mass is 9.71. The van der Waals surface area contributed by atoms with Gasteiger partial charge in [-0.15, -0.1) is 0 Å². The number of aliphatic hydroxyl groups excluding tert-OH is 1. The third-order valence-corrected chi connectivity index (χ3v) is 6.53. The summed E-state index contributed by atoms with van der Waals surface area (Å²) < 4.78 is 0. The van der Waals surface area contributed by atoms with Crippen molar-refractivity contribution in [3.63, 3.8) is 0 Å². The Morgan fingerprint density at radius 2 is 1.82 bits per heavy atom. The Balaban J connectivity index is 1.81. The van der Waals surface area contributed by atoms with Crippen molar-refractivity contribution in [3.05, 3.63) is 35.9 Å². The minimum absolute atomic E-state index is 0.177. The van der Waals surface area contributed by atoms with E-state index >= 15 is 0 Å². The first-order valence-corrected chi connectivity index (χ1v) is 10.8. The van der Waals surface area contributed by atoms with E-state index in [2.05, 4.69) is 59.9 Å². The molecule has 156 valence electrons. The molecule has 1 aromatic carbocycles. The van der Waals surface area contributed by atoms with Gasteiger partial charge in [0.05, 0.1) is 5.41 Å². The van der Waals surface area contributed by atoms with E-state index in [1.807, 2.05) is 6.07 Å². The molecule has 0 spiro atoms. The molecule has 1 atom stereocenters. The van der Waals surface area contributed by atoms with Gasteiger partial charge in [-0.3, -0.25) is 9.69 Å². The Hall–Kier alpha value is -1.43. The van der Waals surface area contributed by atoms with E-state index < -0.39 is 5.41 Å². The number of likely N-dealkylation sites (tertiary alicyclic amines) is 1. The van der Waals surface area contributed by atoms with Crippen LogP contribution in [0.3, 0.4) is 0 Å². The molecule has 1 aromatic rings. The van der Waals surface area contributed by atoms with Gasteiger partial charge in [0.25, 0.3) is 0 Å². The van der Waals surface area contributed by atoms with E-state index in [-0.39, 0.29) is 12.6 Å². The molecular weight excluding hydrogens is 350 g/mol. The first-order valence-electron chi connectivity index (χ1n) is 10.8. The van der Waals surface area contributed by atoms with Crippen LogP contribution in [0.2, 0.25) is 0 Å². The molecule has 0 bridgehead atoms. The summed E-state index contributed by atoms with van der Waals surface area (Å²) >= 11 is 0. The highest BCUT2D eigenvalue weighted by Crippen LogP contribution is 2.37. The molecule has 0 radical (unpaired) electrons. The van der Waals surface area contributed by atoms with Crippen LogP contribution < -0.4 is 0 Å². The normalized spacial score (nSPS) is 23.9. The number of hydrogen-bond donors (Lipinski definition) is 1. The van der Waals surface area contributed by atoms with E-state index in [0.29, 0.717) is 11.8 Å². The van der Waals surface area contributed by atoms with E-state index in [1.54, 1.807) is 0 Å². The van der Waals surface area contributed by atoms with Crippen LogP contribution in [0.25, 0.3) is 0 Å². The SMILES string of the molecule is CC(C)CN1CCN(C(=O)C2(c3ccccc3)CCN(C)CC2)CC1CCO. The number of rotatable bonds is 6. The number of aliphatic hydroxyl groups is 1. The summed E-state index contributed by atoms with van der Waals surface area (Å²) in [6.45, 7) is 10.00. The van der Waals surface area contributed by atoms with Crippen LogP contribution in [-0.4, -0.2) is 84.7 Å². The summed E-state index contributed by atoms with van der Waals surface area (Å²) in [7, 11) is 2.14. The van der Waals surface area contributed by atoms with Gasteiger partial charge in [0.15, 0.2) is 0 Å². The fourth-order valence-electron chi connectivity index (χ4n) is 4.90. The van der Waals surface area contributed by atoms with Crippen LogP contribution in [0, 0.1) is 5.92 Å². The van der Waals surface area contributed by atoms with Crippen LogP contribution in [0.5, 0.6) is 0 Å². The Kier molecular flexibility index (Phi) is 7.13. The average molecular weight is 388 g/mol. The zero-order chi connectivity index (χ0) is 20.1. The highest BCUT2D eigenvalue weighted by Gasteiger charge is 2.45. The van der Waals surface area contributed by atoms with Gasteiger partial charge in [0.1, 0.15) is 0 Å². The number of amides is 1. The summed E-state index contributed by atoms with van der Waals surface area (Å²) in [5.74, 6) is 0.881. The second kappa shape index (κ2) is 9.38. The fraction of sp³-hybridized carbons (Fsp3) is 0.696. The second-order valence-electron chi connectivity index (χ2n) is 9.06. The molecule has 1 N–H and O–H groups in total. The van der Waals surface area contributed by atoms with Crippen LogP contribution in [-0.2, 0) is 10.2 Å². The topological polar surface area (TPSA) is 47.0 Å². The van der Waals surface area contributed by atoms with Crippen molar-refractivity contribution in [1.82, 2.24) is 14.7 Å². The smallest absolute Gasteiger partial charge is 0.233 e. The Morgan fingerprint density at radius 1 is 1.14 bits per heavy atom. The molecule has 0 saturated carbocycles. The summed E-state index contributed by atoms with van der Waals surface area (Å²) in [6, 6.07) is 10.6. The third-order valence-electron chi connectivity index (χ3n) is 6.53. The molecule has 5 nitrogen and oxygen atoms in total. The van der Waals surface area contributed by atoms with E-state index in [4.69, 9.17) is 0 Å². The van der Waals surface area contributed by atoms with Crippen molar-refractivity contribution in [3.8, 4) is 0 Å². The summed E-state index contributed by atoms with van der Waals surface area (Å²) in [6.07, 6.45) is 2.49. The average Bonchev–Trinajstić information content (AvgIpc) is 2.70. The zero-order valence-electron chi connectivity index (χ0n) is 17.8. The van der Waals surface area contributed by atoms with E-state index in [1.165, 1.54) is 0 Å². The second-order valence-corrected chi connectivity index (χ2v) is 9.06. The molecule has 3 rings (SSSR count). The maximum absolute atomic E-state index is 13.9. The van der Waals surface area contributed by atoms with Gasteiger partial charge < -0.3 is 14.9 Å². The van der Waals surface area contributed by atoms with Gasteiger partial charge in [-0.1, -0.05) is 44.2 Å². The predicted molar refractivity (Wildman–Crippen MR) is 113 cm³/mol. The van der Waals surface area contributed by atoms with Gasteiger partial charge in [0, 0.05) is 38.8 Å². The number of piperazine rings is 1. The highest BCUT2D eigenvalue weighted by molar-refractivity contribution is 5.88. The molecule has 1 amide bonds. The lowest BCUT2D eigenvalue weighted by molar-refractivity contribution is -0.143. The highest BCUT2D eigenvalue weighted by atomic mass is 16.3. The number of carbonyl (C=O) groups is 1. The van der Waals surface area contributed by atoms with Crippen LogP contribution in [0.1, 0.15) is 38.7 Å². The van der Waals surface area contributed by atoms with Gasteiger partial charge in [-0.25, -0.2) is 0 Å². The monoisotopic (exact) mass is 387 g/mol. The molecule has 1 unspecified atom stereocenters. The molecule has 2 saturated heterocycles. The van der Waals surface area contributed by atoms with Crippen molar-refractivity contribution in [2.24, 2.45) is 5.92 Å². The number of benzene rings is 1. The molecule has 0 aromatic heterocycles. The first kappa shape index (κ1) is 21.3. The summed E-state index contributed by atoms with van der Waals surface area (Å²) in [5, 5.41) is 9.57. The predicted octanol–water partition coefficient (Wildman–Crippen LogP) is 2.20. The Labute approximate surface area is 170 Å². The van der Waals surface area contributed by atoms with E-state index in [9.17, 15) is 9.90 Å². The van der Waals surface area contributed by atoms with Gasteiger partial charge >= 0.3 is 0 Å². The largest absolute Gasteiger partial charge is 0.396 e. The third kappa shape index (κ3) is 4.58. The van der Waals surface area contributed by atoms with Crippen molar-refractivity contribution in [2.75, 3.05) is 52.9 Å². The van der Waals surface area contributed by atoms with Crippen LogP contribution in [0.15, 0.2) is 30.3 Å². The molecule has 5 heteroatoms. The minimum Gasteiger partial charge on any atom is -0.396 e. The van der Waals surface area contributed by atoms with Crippen LogP contribution in [0.4, 0.5) is 0 Å². The molecule has 28 heavy (non-hydrogen) atoms. The van der Waals surface area contributed by atoms with Crippen molar-refractivity contribution < 1.29 is 9.90 Å². The number of carbonyl (C=O) groups excluding carboxylic acids is 1. The molecule has 2 aliphatic rings. The lowest BCUT2D eigenvalue weighted by Crippen LogP contribution is -2.60. The van der Waals surface area contributed by atoms with Gasteiger partial charge in [0.2, 0.25) is 5.91 Å². The van der Waals surface area contributed by atoms with Crippen molar-refractivity contribution in [2.45, 2.75) is 44.6 Å². The van der Waals surface area contributed by atoms with E-state index in [0.717, 1.165) is 64.1 Å². The van der Waals surface area contributed by atoms with Crippen molar-refractivity contribution >= 4 is 5.91 Å². The first-order chi connectivity index (χ1) is 13.5. The maximum Gasteiger partial charge on any atom is 0.233 e. The van der Waals surface area contributed by atoms with Gasteiger partial charge in [-0.2, -0.15) is 0 Å². The number of hydrogen-bond acceptors (Lipinski definition) is 4. The summed E-state index contributed by atoms with van der Waals surface area (Å²) in [5.41, 5.74) is 0.758. The zero-order valence-corrected chi connectivity index (χ0v) is 17.8. The van der Waals surface area contributed by atoms with Gasteiger partial charge in [-0.05, 0) is 50.9 Å². The molecule has 2 aliphatic heterocycles. The molecule has 2 fully saturated rings. The lowest BCUT2D eigenvalue weighted by Gasteiger charge is -2.47. The number of nitrogens with zero attached hydrogens (tertiary/aromatic N) is 3. The Morgan fingerprint density at radius 3 is 2.43 bits per heavy atom. The molecular formula is C23H37N3O2. The minimum atomic E-state index is -0.405. The quantitative estimate of drug-likeness (QED) is 0.813.